The van der Waals surface area contributed by atoms with Crippen molar-refractivity contribution < 1.29 is 27.0 Å². The Bertz CT molecular complexity index is 733. The van der Waals surface area contributed by atoms with Crippen LogP contribution in [-0.2, 0) is 44.9 Å². The number of hydrogen-bond donors (Lipinski definition) is 6. The van der Waals surface area contributed by atoms with Crippen LogP contribution in [0.4, 0.5) is 0 Å². The first-order valence-corrected chi connectivity index (χ1v) is 14.2. The van der Waals surface area contributed by atoms with Crippen molar-refractivity contribution >= 4 is 116 Å². The summed E-state index contributed by atoms with van der Waals surface area (Å²) in [6.45, 7) is 2.11. The van der Waals surface area contributed by atoms with E-state index < -0.39 is 31.9 Å². The number of thiocarbonyl (C=S) groups is 2. The summed E-state index contributed by atoms with van der Waals surface area (Å²) in [5, 5.41) is 30.3. The van der Waals surface area contributed by atoms with Crippen molar-refractivity contribution in [3.8, 4) is 0 Å². The van der Waals surface area contributed by atoms with Crippen molar-refractivity contribution in [2.45, 2.75) is 24.3 Å². The molecule has 6 N–H and O–H groups in total. The molecule has 2 rings (SSSR count). The minimum absolute atomic E-state index is 0. The van der Waals surface area contributed by atoms with E-state index in [-0.39, 0.29) is 81.5 Å². The molecule has 2 heterocycles. The zero-order valence-electron chi connectivity index (χ0n) is 16.7. The summed E-state index contributed by atoms with van der Waals surface area (Å²) in [7, 11) is -6.15. The number of sulfone groups is 2. The van der Waals surface area contributed by atoms with Crippen molar-refractivity contribution in [2.24, 2.45) is 0 Å². The molecule has 31 heavy (non-hydrogen) atoms. The normalized spacial score (nSPS) is 27.9. The molecule has 0 amide bonds. The molecule has 4 unspecified atom stereocenters. The third kappa shape index (κ3) is 14.3. The zero-order valence-corrected chi connectivity index (χ0v) is 23.8. The average molecular weight is 579 g/mol. The molecule has 2 aliphatic rings. The largest absolute Gasteiger partial charge is 2.00 e. The van der Waals surface area contributed by atoms with E-state index in [1.807, 2.05) is 0 Å². The van der Waals surface area contributed by atoms with Gasteiger partial charge in [-0.2, -0.15) is 0 Å². The van der Waals surface area contributed by atoms with Gasteiger partial charge in [0.05, 0.1) is 35.2 Å². The van der Waals surface area contributed by atoms with E-state index in [0.717, 1.165) is 0 Å². The molecular weight excluding hydrogens is 553 g/mol. The van der Waals surface area contributed by atoms with E-state index in [0.29, 0.717) is 26.2 Å². The maximum absolute atomic E-state index is 11.1. The van der Waals surface area contributed by atoms with E-state index in [9.17, 15) is 27.0 Å². The Labute approximate surface area is 235 Å². The quantitative estimate of drug-likeness (QED) is 0.0715. The van der Waals surface area contributed by atoms with Crippen LogP contribution in [0.1, 0.15) is 0 Å². The first-order chi connectivity index (χ1) is 13.8. The number of aliphatic hydroxyl groups is 2. The number of nitrogens with one attached hydrogen (secondary N) is 4. The second kappa shape index (κ2) is 15.3. The molecule has 0 aromatic carbocycles. The molecule has 0 saturated carbocycles. The maximum Gasteiger partial charge on any atom is 2.00 e. The molecule has 2 saturated heterocycles. The smallest absolute Gasteiger partial charge is 0.412 e. The van der Waals surface area contributed by atoms with Crippen LogP contribution in [0.25, 0.3) is 0 Å². The molecule has 0 bridgehead atoms. The summed E-state index contributed by atoms with van der Waals surface area (Å²) in [4.78, 5) is 0. The molecule has 0 aliphatic carbocycles. The standard InChI is InChI=1S/2C7H14N2O3S3.Ca/c2*10-6-4-15(11,12)3-5(6)8-1-2-9-7(13)14;/h2*5-6,8,10H,1-4H2,(H2,9,13,14);/q;;+2/p-2. The van der Waals surface area contributed by atoms with Crippen LogP contribution in [-0.4, -0.2) is 147 Å². The Morgan fingerprint density at radius 3 is 1.29 bits per heavy atom. The van der Waals surface area contributed by atoms with Crippen molar-refractivity contribution in [1.29, 1.82) is 0 Å². The van der Waals surface area contributed by atoms with E-state index in [1.165, 1.54) is 0 Å². The summed E-state index contributed by atoms with van der Waals surface area (Å²) in [5.74, 6) is -0.325. The molecule has 17 heteroatoms. The first kappa shape index (κ1) is 32.2. The minimum Gasteiger partial charge on any atom is -0.412 e. The van der Waals surface area contributed by atoms with Gasteiger partial charge >= 0.3 is 37.7 Å². The van der Waals surface area contributed by atoms with Crippen LogP contribution < -0.4 is 21.3 Å². The van der Waals surface area contributed by atoms with Crippen LogP contribution >= 0.6 is 24.4 Å². The Balaban J connectivity index is 0.000000562. The van der Waals surface area contributed by atoms with Gasteiger partial charge in [-0.15, -0.1) is 0 Å². The Morgan fingerprint density at radius 2 is 1.06 bits per heavy atom. The molecule has 4 atom stereocenters. The van der Waals surface area contributed by atoms with E-state index in [1.54, 1.807) is 0 Å². The molecule has 2 aliphatic heterocycles. The molecule has 2 fully saturated rings. The van der Waals surface area contributed by atoms with Gasteiger partial charge in [0.25, 0.3) is 0 Å². The molecule has 10 nitrogen and oxygen atoms in total. The fourth-order valence-electron chi connectivity index (χ4n) is 2.89. The second-order valence-corrected chi connectivity index (χ2v) is 13.3. The van der Waals surface area contributed by atoms with Crippen molar-refractivity contribution in [3.05, 3.63) is 0 Å². The predicted molar refractivity (Wildman–Crippen MR) is 135 cm³/mol. The topological polar surface area (TPSA) is 157 Å². The maximum atomic E-state index is 11.1. The fraction of sp³-hybridized carbons (Fsp3) is 0.857. The average Bonchev–Trinajstić information content (AvgIpc) is 3.01. The minimum atomic E-state index is -3.08. The van der Waals surface area contributed by atoms with Gasteiger partial charge in [0.2, 0.25) is 0 Å². The second-order valence-electron chi connectivity index (χ2n) is 6.84. The van der Waals surface area contributed by atoms with Gasteiger partial charge in [0.15, 0.2) is 19.7 Å². The number of rotatable bonds is 8. The van der Waals surface area contributed by atoms with Crippen LogP contribution in [0.3, 0.4) is 0 Å². The van der Waals surface area contributed by atoms with Gasteiger partial charge in [-0.25, -0.2) is 16.8 Å². The third-order valence-electron chi connectivity index (χ3n) is 4.25. The fourth-order valence-corrected chi connectivity index (χ4v) is 6.85. The van der Waals surface area contributed by atoms with Crippen LogP contribution in [0.2, 0.25) is 0 Å². The summed E-state index contributed by atoms with van der Waals surface area (Å²) >= 11 is 18.5. The molecule has 176 valence electrons. The van der Waals surface area contributed by atoms with E-state index in [4.69, 9.17) is 0 Å². The van der Waals surface area contributed by atoms with Gasteiger partial charge in [0.1, 0.15) is 0 Å². The third-order valence-corrected chi connectivity index (χ3v) is 8.26. The van der Waals surface area contributed by atoms with E-state index >= 15 is 0 Å². The number of hydrogen-bond acceptors (Lipinski definition) is 12. The van der Waals surface area contributed by atoms with Gasteiger partial charge in [-0.1, -0.05) is 8.64 Å². The summed E-state index contributed by atoms with van der Waals surface area (Å²) in [6.07, 6.45) is -1.63. The van der Waals surface area contributed by atoms with Gasteiger partial charge in [-0.05, 0) is 0 Å². The Morgan fingerprint density at radius 1 is 0.742 bits per heavy atom. The predicted octanol–water partition coefficient (Wildman–Crippen LogP) is -4.07. The SMILES string of the molecule is O=S1(=O)CC(O)C(NCCNC(=S)[S-])C1.O=S1(=O)CC(O)C(NCCNC(=S)[S-])C1.[Ca+2]. The van der Waals surface area contributed by atoms with E-state index in [2.05, 4.69) is 71.0 Å². The monoisotopic (exact) mass is 578 g/mol. The van der Waals surface area contributed by atoms with Crippen molar-refractivity contribution in [2.75, 3.05) is 49.2 Å². The zero-order chi connectivity index (χ0) is 22.9. The number of aliphatic hydroxyl groups excluding tert-OH is 2. The Hall–Kier alpha value is 1.22. The van der Waals surface area contributed by atoms with Crippen LogP contribution in [0.15, 0.2) is 0 Å². The summed E-state index contributed by atoms with van der Waals surface area (Å²) in [5.41, 5.74) is 0. The van der Waals surface area contributed by atoms with Gasteiger partial charge in [-0.3, -0.25) is 0 Å². The van der Waals surface area contributed by atoms with Gasteiger partial charge in [0, 0.05) is 38.3 Å². The Kier molecular flexibility index (Phi) is 15.9. The molecule has 0 radical (unpaired) electrons. The van der Waals surface area contributed by atoms with Crippen LogP contribution in [0.5, 0.6) is 0 Å². The van der Waals surface area contributed by atoms with Gasteiger partial charge < -0.3 is 81.2 Å². The molecule has 0 aromatic heterocycles. The summed E-state index contributed by atoms with van der Waals surface area (Å²) < 4.78 is 45.1. The summed E-state index contributed by atoms with van der Waals surface area (Å²) in [6, 6.07) is -0.758. The first-order valence-electron chi connectivity index (χ1n) is 8.95. The molecule has 0 aromatic rings. The van der Waals surface area contributed by atoms with Crippen LogP contribution in [0, 0.1) is 0 Å². The molecule has 0 spiro atoms. The molecular formula is C14H26CaN4O6S6. The van der Waals surface area contributed by atoms with Crippen molar-refractivity contribution in [3.63, 3.8) is 0 Å². The van der Waals surface area contributed by atoms with Crippen molar-refractivity contribution in [1.82, 2.24) is 21.3 Å².